The van der Waals surface area contributed by atoms with Gasteiger partial charge in [0.25, 0.3) is 0 Å². The number of nitrogens with zero attached hydrogens (tertiary/aromatic N) is 2. The summed E-state index contributed by atoms with van der Waals surface area (Å²) in [5, 5.41) is 0. The summed E-state index contributed by atoms with van der Waals surface area (Å²) < 4.78 is 8.27. The summed E-state index contributed by atoms with van der Waals surface area (Å²) in [4.78, 5) is 4.92. The lowest BCUT2D eigenvalue weighted by molar-refractivity contribution is 0.303. The van der Waals surface area contributed by atoms with Crippen LogP contribution in [-0.2, 0) is 13.0 Å². The highest BCUT2D eigenvalue weighted by Crippen LogP contribution is 2.26. The summed E-state index contributed by atoms with van der Waals surface area (Å²) in [7, 11) is 0. The lowest BCUT2D eigenvalue weighted by Crippen LogP contribution is -2.04. The van der Waals surface area contributed by atoms with E-state index in [1.54, 1.807) is 0 Å². The first kappa shape index (κ1) is 19.3. The topological polar surface area (TPSA) is 27.1 Å². The third-order valence-electron chi connectivity index (χ3n) is 5.31. The van der Waals surface area contributed by atoms with Gasteiger partial charge in [-0.3, -0.25) is 0 Å². The molecule has 3 heteroatoms. The maximum absolute atomic E-state index is 5.92. The summed E-state index contributed by atoms with van der Waals surface area (Å²) in [6, 6.07) is 25.4. The summed E-state index contributed by atoms with van der Waals surface area (Å²) in [5.41, 5.74) is 6.02. The second-order valence-electron chi connectivity index (χ2n) is 7.50. The summed E-state index contributed by atoms with van der Waals surface area (Å²) in [6.45, 7) is 5.96. The molecule has 0 bridgehead atoms. The zero-order valence-electron chi connectivity index (χ0n) is 17.3. The fraction of sp³-hybridized carbons (Fsp3) is 0.269. The van der Waals surface area contributed by atoms with Gasteiger partial charge < -0.3 is 9.30 Å². The predicted molar refractivity (Wildman–Crippen MR) is 120 cm³/mol. The highest BCUT2D eigenvalue weighted by atomic mass is 16.5. The van der Waals surface area contributed by atoms with Gasteiger partial charge in [0.1, 0.15) is 11.6 Å². The number of aryl methyl sites for hydroxylation is 3. The van der Waals surface area contributed by atoms with E-state index < -0.39 is 0 Å². The van der Waals surface area contributed by atoms with Crippen LogP contribution in [0.3, 0.4) is 0 Å². The van der Waals surface area contributed by atoms with E-state index in [1.807, 2.05) is 0 Å². The normalized spacial score (nSPS) is 11.1. The lowest BCUT2D eigenvalue weighted by Gasteiger charge is -2.11. The number of ether oxygens (including phenoxy) is 1. The average Bonchev–Trinajstić information content (AvgIpc) is 3.13. The molecule has 0 spiro atoms. The molecule has 1 heterocycles. The van der Waals surface area contributed by atoms with Gasteiger partial charge in [0.15, 0.2) is 0 Å². The molecular formula is C26H28N2O. The van der Waals surface area contributed by atoms with Gasteiger partial charge in [-0.2, -0.15) is 0 Å². The van der Waals surface area contributed by atoms with Gasteiger partial charge in [0.05, 0.1) is 17.6 Å². The van der Waals surface area contributed by atoms with Crippen molar-refractivity contribution in [2.45, 2.75) is 39.7 Å². The molecule has 0 unspecified atom stereocenters. The quantitative estimate of drug-likeness (QED) is 0.327. The van der Waals surface area contributed by atoms with Crippen molar-refractivity contribution < 1.29 is 4.74 Å². The standard InChI is InChI=1S/C26H28N2O/c1-3-21-13-15-23(16-14-21)29-18-7-6-17-28-25-12-5-4-11-24(25)27-26(28)22-10-8-9-20(2)19-22/h4-5,8-16,19H,3,6-7,17-18H2,1-2H3. The molecule has 0 fully saturated rings. The molecule has 4 aromatic rings. The van der Waals surface area contributed by atoms with Gasteiger partial charge in [0, 0.05) is 12.1 Å². The Balaban J connectivity index is 1.43. The van der Waals surface area contributed by atoms with Crippen molar-refractivity contribution in [3.8, 4) is 17.1 Å². The number of aromatic nitrogens is 2. The number of hydrogen-bond acceptors (Lipinski definition) is 2. The number of unbranched alkanes of at least 4 members (excludes halogenated alkanes) is 1. The molecule has 0 aliphatic heterocycles. The summed E-state index contributed by atoms with van der Waals surface area (Å²) >= 11 is 0. The van der Waals surface area contributed by atoms with Crippen molar-refractivity contribution in [2.75, 3.05) is 6.61 Å². The van der Waals surface area contributed by atoms with Gasteiger partial charge in [-0.05, 0) is 62.1 Å². The second kappa shape index (κ2) is 8.95. The van der Waals surface area contributed by atoms with Crippen LogP contribution in [-0.4, -0.2) is 16.2 Å². The van der Waals surface area contributed by atoms with E-state index in [0.29, 0.717) is 0 Å². The van der Waals surface area contributed by atoms with Gasteiger partial charge in [-0.25, -0.2) is 4.98 Å². The Hall–Kier alpha value is -3.07. The minimum atomic E-state index is 0.734. The van der Waals surface area contributed by atoms with Crippen LogP contribution in [0.5, 0.6) is 5.75 Å². The Morgan fingerprint density at radius 1 is 0.897 bits per heavy atom. The molecule has 148 valence electrons. The van der Waals surface area contributed by atoms with Crippen LogP contribution in [0.2, 0.25) is 0 Å². The minimum Gasteiger partial charge on any atom is -0.494 e. The molecule has 0 saturated heterocycles. The molecular weight excluding hydrogens is 356 g/mol. The fourth-order valence-corrected chi connectivity index (χ4v) is 3.69. The molecule has 0 aliphatic rings. The van der Waals surface area contributed by atoms with Crippen LogP contribution in [0.1, 0.15) is 30.9 Å². The van der Waals surface area contributed by atoms with Crippen LogP contribution in [0, 0.1) is 6.92 Å². The molecule has 0 N–H and O–H groups in total. The summed E-state index contributed by atoms with van der Waals surface area (Å²) in [6.07, 6.45) is 3.12. The highest BCUT2D eigenvalue weighted by Gasteiger charge is 2.12. The molecule has 3 aromatic carbocycles. The average molecular weight is 385 g/mol. The Morgan fingerprint density at radius 3 is 2.52 bits per heavy atom. The van der Waals surface area contributed by atoms with Crippen molar-refractivity contribution >= 4 is 11.0 Å². The van der Waals surface area contributed by atoms with E-state index in [9.17, 15) is 0 Å². The molecule has 4 rings (SSSR count). The van der Waals surface area contributed by atoms with Crippen molar-refractivity contribution in [1.82, 2.24) is 9.55 Å². The second-order valence-corrected chi connectivity index (χ2v) is 7.50. The highest BCUT2D eigenvalue weighted by molar-refractivity contribution is 5.80. The Bertz CT molecular complexity index is 1080. The van der Waals surface area contributed by atoms with E-state index in [2.05, 4.69) is 91.2 Å². The fourth-order valence-electron chi connectivity index (χ4n) is 3.69. The van der Waals surface area contributed by atoms with E-state index >= 15 is 0 Å². The van der Waals surface area contributed by atoms with Crippen LogP contribution in [0.15, 0.2) is 72.8 Å². The molecule has 1 aromatic heterocycles. The molecule has 0 amide bonds. The zero-order chi connectivity index (χ0) is 20.1. The molecule has 29 heavy (non-hydrogen) atoms. The van der Waals surface area contributed by atoms with Crippen LogP contribution in [0.4, 0.5) is 0 Å². The lowest BCUT2D eigenvalue weighted by atomic mass is 10.1. The number of para-hydroxylation sites is 2. The molecule has 0 atom stereocenters. The number of imidazole rings is 1. The first-order valence-corrected chi connectivity index (χ1v) is 10.5. The maximum atomic E-state index is 5.92. The van der Waals surface area contributed by atoms with E-state index in [4.69, 9.17) is 9.72 Å². The smallest absolute Gasteiger partial charge is 0.141 e. The molecule has 3 nitrogen and oxygen atoms in total. The first-order valence-electron chi connectivity index (χ1n) is 10.5. The number of rotatable bonds is 8. The van der Waals surface area contributed by atoms with E-state index in [1.165, 1.54) is 22.2 Å². The Morgan fingerprint density at radius 2 is 1.72 bits per heavy atom. The first-order chi connectivity index (χ1) is 14.2. The Kier molecular flexibility index (Phi) is 5.95. The monoisotopic (exact) mass is 384 g/mol. The van der Waals surface area contributed by atoms with Crippen molar-refractivity contribution in [1.29, 1.82) is 0 Å². The van der Waals surface area contributed by atoms with Gasteiger partial charge in [-0.15, -0.1) is 0 Å². The Labute approximate surface area is 173 Å². The number of hydrogen-bond donors (Lipinski definition) is 0. The van der Waals surface area contributed by atoms with Crippen molar-refractivity contribution in [3.63, 3.8) is 0 Å². The maximum Gasteiger partial charge on any atom is 0.141 e. The third kappa shape index (κ3) is 4.51. The molecule has 0 saturated carbocycles. The zero-order valence-corrected chi connectivity index (χ0v) is 17.3. The largest absolute Gasteiger partial charge is 0.494 e. The SMILES string of the molecule is CCc1ccc(OCCCCn2c(-c3cccc(C)c3)nc3ccccc32)cc1. The van der Waals surface area contributed by atoms with Gasteiger partial charge in [-0.1, -0.05) is 55.0 Å². The van der Waals surface area contributed by atoms with E-state index in [-0.39, 0.29) is 0 Å². The van der Waals surface area contributed by atoms with E-state index in [0.717, 1.165) is 49.5 Å². The number of fused-ring (bicyclic) bond motifs is 1. The predicted octanol–water partition coefficient (Wildman–Crippen LogP) is 6.43. The minimum absolute atomic E-state index is 0.734. The molecule has 0 radical (unpaired) electrons. The third-order valence-corrected chi connectivity index (χ3v) is 5.31. The van der Waals surface area contributed by atoms with Gasteiger partial charge >= 0.3 is 0 Å². The van der Waals surface area contributed by atoms with Crippen molar-refractivity contribution in [3.05, 3.63) is 83.9 Å². The van der Waals surface area contributed by atoms with Crippen LogP contribution >= 0.6 is 0 Å². The molecule has 0 aliphatic carbocycles. The van der Waals surface area contributed by atoms with Gasteiger partial charge in [0.2, 0.25) is 0 Å². The van der Waals surface area contributed by atoms with Crippen LogP contribution < -0.4 is 4.74 Å². The van der Waals surface area contributed by atoms with Crippen molar-refractivity contribution in [2.24, 2.45) is 0 Å². The number of benzene rings is 3. The van der Waals surface area contributed by atoms with Crippen LogP contribution in [0.25, 0.3) is 22.4 Å². The summed E-state index contributed by atoms with van der Waals surface area (Å²) in [5.74, 6) is 2.00.